The Labute approximate surface area is 117 Å². The maximum absolute atomic E-state index is 5.75. The van der Waals surface area contributed by atoms with Crippen LogP contribution in [-0.2, 0) is 5.41 Å². The highest BCUT2D eigenvalue weighted by Gasteiger charge is 2.19. The number of hydrogen-bond acceptors (Lipinski definition) is 3. The number of anilines is 1. The van der Waals surface area contributed by atoms with Gasteiger partial charge in [-0.3, -0.25) is 0 Å². The van der Waals surface area contributed by atoms with Gasteiger partial charge in [-0.25, -0.2) is 0 Å². The molecule has 0 saturated heterocycles. The first-order valence-electron chi connectivity index (χ1n) is 7.02. The summed E-state index contributed by atoms with van der Waals surface area (Å²) in [5.74, 6) is 0.952. The molecule has 108 valence electrons. The van der Waals surface area contributed by atoms with E-state index >= 15 is 0 Å². The SMILES string of the molecule is COc1ccc(NCCCC(C)N)cc1C(C)(C)C. The van der Waals surface area contributed by atoms with Crippen LogP contribution in [0.4, 0.5) is 5.69 Å². The monoisotopic (exact) mass is 264 g/mol. The Morgan fingerprint density at radius 2 is 2.00 bits per heavy atom. The van der Waals surface area contributed by atoms with Crippen molar-refractivity contribution in [2.75, 3.05) is 19.0 Å². The number of methoxy groups -OCH3 is 1. The highest BCUT2D eigenvalue weighted by atomic mass is 16.5. The van der Waals surface area contributed by atoms with E-state index in [0.717, 1.165) is 30.8 Å². The van der Waals surface area contributed by atoms with Gasteiger partial charge in [-0.2, -0.15) is 0 Å². The molecule has 1 rings (SSSR count). The first-order valence-corrected chi connectivity index (χ1v) is 7.02. The van der Waals surface area contributed by atoms with E-state index in [0.29, 0.717) is 0 Å². The van der Waals surface area contributed by atoms with Gasteiger partial charge in [-0.05, 0) is 43.4 Å². The van der Waals surface area contributed by atoms with Gasteiger partial charge in [-0.15, -0.1) is 0 Å². The average molecular weight is 264 g/mol. The minimum absolute atomic E-state index is 0.0782. The zero-order valence-corrected chi connectivity index (χ0v) is 12.9. The van der Waals surface area contributed by atoms with Crippen LogP contribution in [0, 0.1) is 0 Å². The van der Waals surface area contributed by atoms with Gasteiger partial charge < -0.3 is 15.8 Å². The van der Waals surface area contributed by atoms with Crippen molar-refractivity contribution in [1.82, 2.24) is 0 Å². The molecule has 0 heterocycles. The summed E-state index contributed by atoms with van der Waals surface area (Å²) in [5.41, 5.74) is 8.20. The standard InChI is InChI=1S/C16H28N2O/c1-12(17)7-6-10-18-13-8-9-15(19-5)14(11-13)16(2,3)4/h8-9,11-12,18H,6-7,10,17H2,1-5H3. The lowest BCUT2D eigenvalue weighted by atomic mass is 9.86. The van der Waals surface area contributed by atoms with E-state index < -0.39 is 0 Å². The van der Waals surface area contributed by atoms with Crippen LogP contribution >= 0.6 is 0 Å². The third-order valence-corrected chi connectivity index (χ3v) is 3.17. The molecule has 1 unspecified atom stereocenters. The van der Waals surface area contributed by atoms with Crippen molar-refractivity contribution in [3.63, 3.8) is 0 Å². The Balaban J connectivity index is 2.70. The molecule has 0 aliphatic heterocycles. The van der Waals surface area contributed by atoms with Crippen LogP contribution in [0.1, 0.15) is 46.1 Å². The molecule has 0 amide bonds. The van der Waals surface area contributed by atoms with E-state index in [9.17, 15) is 0 Å². The van der Waals surface area contributed by atoms with Crippen LogP contribution in [0.25, 0.3) is 0 Å². The molecule has 0 bridgehead atoms. The van der Waals surface area contributed by atoms with Gasteiger partial charge in [0, 0.05) is 23.8 Å². The van der Waals surface area contributed by atoms with Crippen molar-refractivity contribution in [2.45, 2.75) is 52.0 Å². The van der Waals surface area contributed by atoms with E-state index in [1.807, 2.05) is 13.0 Å². The van der Waals surface area contributed by atoms with Gasteiger partial charge in [0.15, 0.2) is 0 Å². The van der Waals surface area contributed by atoms with Crippen LogP contribution in [0.15, 0.2) is 18.2 Å². The minimum Gasteiger partial charge on any atom is -0.496 e. The Bertz CT molecular complexity index is 394. The van der Waals surface area contributed by atoms with Crippen LogP contribution in [0.5, 0.6) is 5.75 Å². The predicted molar refractivity (Wildman–Crippen MR) is 83.1 cm³/mol. The summed E-state index contributed by atoms with van der Waals surface area (Å²) in [4.78, 5) is 0. The molecule has 3 N–H and O–H groups in total. The molecule has 0 aliphatic rings. The second kappa shape index (κ2) is 6.80. The van der Waals surface area contributed by atoms with Crippen molar-refractivity contribution < 1.29 is 4.74 Å². The Hall–Kier alpha value is -1.22. The fraction of sp³-hybridized carbons (Fsp3) is 0.625. The second-order valence-electron chi connectivity index (χ2n) is 6.21. The minimum atomic E-state index is 0.0782. The fourth-order valence-corrected chi connectivity index (χ4v) is 2.06. The molecule has 1 aromatic rings. The average Bonchev–Trinajstić information content (AvgIpc) is 2.33. The van der Waals surface area contributed by atoms with Gasteiger partial charge in [-0.1, -0.05) is 20.8 Å². The zero-order valence-electron chi connectivity index (χ0n) is 12.9. The summed E-state index contributed by atoms with van der Waals surface area (Å²) in [6, 6.07) is 6.57. The summed E-state index contributed by atoms with van der Waals surface area (Å²) in [6.45, 7) is 9.60. The van der Waals surface area contributed by atoms with Crippen molar-refractivity contribution in [3.8, 4) is 5.75 Å². The number of hydrogen-bond donors (Lipinski definition) is 2. The summed E-state index contributed by atoms with van der Waals surface area (Å²) < 4.78 is 5.44. The van der Waals surface area contributed by atoms with Crippen LogP contribution < -0.4 is 15.8 Å². The van der Waals surface area contributed by atoms with Gasteiger partial charge in [0.2, 0.25) is 0 Å². The number of benzene rings is 1. The van der Waals surface area contributed by atoms with Crippen molar-refractivity contribution >= 4 is 5.69 Å². The topological polar surface area (TPSA) is 47.3 Å². The maximum Gasteiger partial charge on any atom is 0.122 e. The molecule has 0 radical (unpaired) electrons. The van der Waals surface area contributed by atoms with E-state index in [1.165, 1.54) is 5.56 Å². The molecule has 0 aliphatic carbocycles. The summed E-state index contributed by atoms with van der Waals surface area (Å²) >= 11 is 0. The summed E-state index contributed by atoms with van der Waals surface area (Å²) in [7, 11) is 1.72. The summed E-state index contributed by atoms with van der Waals surface area (Å²) in [6.07, 6.45) is 2.14. The molecule has 0 fully saturated rings. The number of nitrogens with one attached hydrogen (secondary N) is 1. The number of ether oxygens (including phenoxy) is 1. The van der Waals surface area contributed by atoms with Crippen molar-refractivity contribution in [1.29, 1.82) is 0 Å². The molecule has 19 heavy (non-hydrogen) atoms. The maximum atomic E-state index is 5.75. The van der Waals surface area contributed by atoms with Crippen molar-refractivity contribution in [2.24, 2.45) is 5.73 Å². The predicted octanol–water partition coefficient (Wildman–Crippen LogP) is 3.53. The molecule has 0 saturated carbocycles. The first kappa shape index (κ1) is 15.8. The lowest BCUT2D eigenvalue weighted by Crippen LogP contribution is -2.16. The van der Waals surface area contributed by atoms with Gasteiger partial charge >= 0.3 is 0 Å². The van der Waals surface area contributed by atoms with Gasteiger partial charge in [0.05, 0.1) is 7.11 Å². The van der Waals surface area contributed by atoms with E-state index in [4.69, 9.17) is 10.5 Å². The Morgan fingerprint density at radius 1 is 1.32 bits per heavy atom. The van der Waals surface area contributed by atoms with Gasteiger partial charge in [0.1, 0.15) is 5.75 Å². The number of rotatable bonds is 6. The second-order valence-corrected chi connectivity index (χ2v) is 6.21. The quantitative estimate of drug-likeness (QED) is 0.773. The van der Waals surface area contributed by atoms with E-state index in [1.54, 1.807) is 7.11 Å². The van der Waals surface area contributed by atoms with Crippen LogP contribution in [-0.4, -0.2) is 19.7 Å². The third kappa shape index (κ3) is 5.11. The van der Waals surface area contributed by atoms with E-state index in [2.05, 4.69) is 38.2 Å². The molecule has 3 heteroatoms. The normalized spacial score (nSPS) is 13.2. The molecular formula is C16H28N2O. The molecular weight excluding hydrogens is 236 g/mol. The van der Waals surface area contributed by atoms with Crippen molar-refractivity contribution in [3.05, 3.63) is 23.8 Å². The number of nitrogens with two attached hydrogens (primary N) is 1. The van der Waals surface area contributed by atoms with Gasteiger partial charge in [0.25, 0.3) is 0 Å². The molecule has 0 aromatic heterocycles. The van der Waals surface area contributed by atoms with E-state index in [-0.39, 0.29) is 11.5 Å². The highest BCUT2D eigenvalue weighted by molar-refractivity contribution is 5.53. The summed E-state index contributed by atoms with van der Waals surface area (Å²) in [5, 5.41) is 3.45. The smallest absolute Gasteiger partial charge is 0.122 e. The molecule has 1 aromatic carbocycles. The van der Waals surface area contributed by atoms with Crippen LogP contribution in [0.3, 0.4) is 0 Å². The Kier molecular flexibility index (Phi) is 5.67. The fourth-order valence-electron chi connectivity index (χ4n) is 2.06. The van der Waals surface area contributed by atoms with Crippen LogP contribution in [0.2, 0.25) is 0 Å². The molecule has 0 spiro atoms. The zero-order chi connectivity index (χ0) is 14.5. The first-order chi connectivity index (χ1) is 8.84. The third-order valence-electron chi connectivity index (χ3n) is 3.17. The molecule has 1 atom stereocenters. The lowest BCUT2D eigenvalue weighted by molar-refractivity contribution is 0.397. The Morgan fingerprint density at radius 3 is 2.53 bits per heavy atom. The lowest BCUT2D eigenvalue weighted by Gasteiger charge is -2.23. The molecule has 3 nitrogen and oxygen atoms in total. The largest absolute Gasteiger partial charge is 0.496 e. The highest BCUT2D eigenvalue weighted by Crippen LogP contribution is 2.33.